The normalized spacial score (nSPS) is 13.9. The molecule has 13 aromatic rings. The first kappa shape index (κ1) is 42.8. The molecule has 15 rings (SSSR count). The maximum absolute atomic E-state index is 2.59. The fraction of sp³-hybridized carbons (Fsp3) is 0.0811. The van der Waals surface area contributed by atoms with Crippen molar-refractivity contribution in [2.45, 2.75) is 38.5 Å². The van der Waals surface area contributed by atoms with Gasteiger partial charge in [-0.25, -0.2) is 0 Å². The van der Waals surface area contributed by atoms with Gasteiger partial charge >= 0.3 is 0 Å². The average Bonchev–Trinajstić information content (AvgIpc) is 3.82. The highest BCUT2D eigenvalue weighted by atomic mass is 14.4. The molecule has 0 fully saturated rings. The van der Waals surface area contributed by atoms with Gasteiger partial charge in [0.1, 0.15) is 0 Å². The van der Waals surface area contributed by atoms with Crippen molar-refractivity contribution in [3.05, 3.63) is 265 Å². The van der Waals surface area contributed by atoms with Crippen LogP contribution >= 0.6 is 0 Å². The first-order valence-electron chi connectivity index (χ1n) is 26.2. The third-order valence-corrected chi connectivity index (χ3v) is 17.2. The summed E-state index contributed by atoms with van der Waals surface area (Å²) >= 11 is 0. The van der Waals surface area contributed by atoms with E-state index in [-0.39, 0.29) is 10.8 Å². The molecular weight excluding hydrogens is 889 g/mol. The van der Waals surface area contributed by atoms with Crippen LogP contribution in [0.3, 0.4) is 0 Å². The summed E-state index contributed by atoms with van der Waals surface area (Å²) in [6.07, 6.45) is 0. The van der Waals surface area contributed by atoms with Crippen molar-refractivity contribution in [2.75, 3.05) is 0 Å². The zero-order valence-electron chi connectivity index (χ0n) is 42.1. The molecule has 0 N–H and O–H groups in total. The summed E-state index contributed by atoms with van der Waals surface area (Å²) in [4.78, 5) is 0. The van der Waals surface area contributed by atoms with Crippen molar-refractivity contribution in [3.8, 4) is 77.9 Å². The summed E-state index contributed by atoms with van der Waals surface area (Å²) in [5, 5.41) is 12.5. The second-order valence-electron chi connectivity index (χ2n) is 21.9. The third-order valence-electron chi connectivity index (χ3n) is 17.2. The molecule has 0 unspecified atom stereocenters. The van der Waals surface area contributed by atoms with Crippen molar-refractivity contribution in [1.29, 1.82) is 0 Å². The molecule has 0 bridgehead atoms. The van der Waals surface area contributed by atoms with Crippen molar-refractivity contribution in [3.63, 3.8) is 0 Å². The van der Waals surface area contributed by atoms with E-state index in [1.165, 1.54) is 154 Å². The highest BCUT2D eigenvalue weighted by Crippen LogP contribution is 2.55. The fourth-order valence-electron chi connectivity index (χ4n) is 13.6. The molecule has 13 aromatic carbocycles. The Hall–Kier alpha value is -8.84. The standard InChI is InChI=1S/C74H52/c1-73(2)66-30-18-16-27-55(66)60-41-51(35-38-67(60)73)70-61-40-49(45-19-7-5-8-20-45)33-37-58(61)69(52-34-36-56-54-26-15-17-29-65(54)74(3,4)68(56)42-52)64-44-62-59(43-63(64)70)53-25-13-14-28-57(53)72(71(62)47-22-9-6-10-23-47)50-32-31-46-21-11-12-24-48(46)39-50/h5-44H,1-4H3. The van der Waals surface area contributed by atoms with Gasteiger partial charge in [0, 0.05) is 10.8 Å². The molecule has 348 valence electrons. The number of hydrogen-bond acceptors (Lipinski definition) is 0. The molecule has 0 radical (unpaired) electrons. The lowest BCUT2D eigenvalue weighted by molar-refractivity contribution is 0.660. The van der Waals surface area contributed by atoms with E-state index in [0.717, 1.165) is 0 Å². The fourth-order valence-corrected chi connectivity index (χ4v) is 13.6. The molecular formula is C74H52. The van der Waals surface area contributed by atoms with Gasteiger partial charge in [0.05, 0.1) is 0 Å². The van der Waals surface area contributed by atoms with Crippen LogP contribution in [0.4, 0.5) is 0 Å². The van der Waals surface area contributed by atoms with E-state index in [1.54, 1.807) is 0 Å². The van der Waals surface area contributed by atoms with E-state index in [9.17, 15) is 0 Å². The summed E-state index contributed by atoms with van der Waals surface area (Å²) in [6, 6.07) is 92.2. The minimum atomic E-state index is -0.163. The second kappa shape index (κ2) is 15.8. The lowest BCUT2D eigenvalue weighted by atomic mass is 9.78. The Morgan fingerprint density at radius 2 is 0.662 bits per heavy atom. The molecule has 0 heteroatoms. The number of hydrogen-bond donors (Lipinski definition) is 0. The van der Waals surface area contributed by atoms with Crippen LogP contribution in [0.2, 0.25) is 0 Å². The van der Waals surface area contributed by atoms with Crippen LogP contribution in [0.15, 0.2) is 243 Å². The van der Waals surface area contributed by atoms with E-state index < -0.39 is 0 Å². The molecule has 0 spiro atoms. The van der Waals surface area contributed by atoms with Crippen molar-refractivity contribution >= 4 is 53.9 Å². The maximum Gasteiger partial charge on any atom is 0.0159 e. The van der Waals surface area contributed by atoms with E-state index in [4.69, 9.17) is 0 Å². The summed E-state index contributed by atoms with van der Waals surface area (Å²) < 4.78 is 0. The zero-order chi connectivity index (χ0) is 49.5. The van der Waals surface area contributed by atoms with Crippen LogP contribution in [0.5, 0.6) is 0 Å². The molecule has 2 aliphatic rings. The topological polar surface area (TPSA) is 0 Å². The quantitative estimate of drug-likeness (QED) is 0.119. The smallest absolute Gasteiger partial charge is 0.0159 e. The van der Waals surface area contributed by atoms with Gasteiger partial charge in [-0.2, -0.15) is 0 Å². The minimum Gasteiger partial charge on any atom is -0.0622 e. The largest absolute Gasteiger partial charge is 0.0622 e. The first-order chi connectivity index (χ1) is 36.2. The molecule has 0 atom stereocenters. The summed E-state index contributed by atoms with van der Waals surface area (Å²) in [7, 11) is 0. The minimum absolute atomic E-state index is 0.106. The van der Waals surface area contributed by atoms with Gasteiger partial charge in [-0.1, -0.05) is 234 Å². The van der Waals surface area contributed by atoms with Crippen LogP contribution < -0.4 is 0 Å². The van der Waals surface area contributed by atoms with Crippen LogP contribution in [-0.4, -0.2) is 0 Å². The number of rotatable bonds is 5. The SMILES string of the molecule is CC1(C)c2ccccc2-c2cc(-c3c4cc(-c5ccccc5)ccc4c(-c4ccc5c(c4)C(C)(C)c4ccccc4-5)c4cc5c(-c6ccccc6)c(-c6ccc7ccccc7c6)c6ccccc6c5cc34)ccc21. The molecule has 0 aliphatic heterocycles. The molecule has 0 nitrogen and oxygen atoms in total. The molecule has 0 heterocycles. The zero-order valence-corrected chi connectivity index (χ0v) is 42.1. The van der Waals surface area contributed by atoms with Crippen LogP contribution in [-0.2, 0) is 10.8 Å². The summed E-state index contributed by atoms with van der Waals surface area (Å²) in [6.45, 7) is 9.57. The molecule has 0 amide bonds. The summed E-state index contributed by atoms with van der Waals surface area (Å²) in [5.41, 5.74) is 22.9. The first-order valence-corrected chi connectivity index (χ1v) is 26.2. The Balaban J connectivity index is 1.14. The lowest BCUT2D eigenvalue weighted by Gasteiger charge is -2.25. The molecule has 0 saturated carbocycles. The highest BCUT2D eigenvalue weighted by molar-refractivity contribution is 6.30. The number of benzene rings is 13. The van der Waals surface area contributed by atoms with Gasteiger partial charge in [0.2, 0.25) is 0 Å². The van der Waals surface area contributed by atoms with Gasteiger partial charge in [-0.3, -0.25) is 0 Å². The Bertz CT molecular complexity index is 4510. The van der Waals surface area contributed by atoms with E-state index >= 15 is 0 Å². The van der Waals surface area contributed by atoms with Gasteiger partial charge in [-0.05, 0) is 190 Å². The predicted molar refractivity (Wildman–Crippen MR) is 316 cm³/mol. The van der Waals surface area contributed by atoms with Crippen molar-refractivity contribution in [2.24, 2.45) is 0 Å². The van der Waals surface area contributed by atoms with Crippen LogP contribution in [0.1, 0.15) is 49.9 Å². The third kappa shape index (κ3) is 6.15. The number of fused-ring (bicyclic) bond motifs is 12. The van der Waals surface area contributed by atoms with E-state index in [0.29, 0.717) is 0 Å². The van der Waals surface area contributed by atoms with Gasteiger partial charge in [-0.15, -0.1) is 0 Å². The molecule has 74 heavy (non-hydrogen) atoms. The Morgan fingerprint density at radius 3 is 1.42 bits per heavy atom. The van der Waals surface area contributed by atoms with E-state index in [1.807, 2.05) is 0 Å². The van der Waals surface area contributed by atoms with Crippen molar-refractivity contribution in [1.82, 2.24) is 0 Å². The maximum atomic E-state index is 2.59. The van der Waals surface area contributed by atoms with Crippen LogP contribution in [0.25, 0.3) is 132 Å². The molecule has 2 aliphatic carbocycles. The van der Waals surface area contributed by atoms with Crippen molar-refractivity contribution < 1.29 is 0 Å². The Labute approximate surface area is 432 Å². The molecule has 0 saturated heterocycles. The lowest BCUT2D eigenvalue weighted by Crippen LogP contribution is -2.14. The van der Waals surface area contributed by atoms with E-state index in [2.05, 4.69) is 270 Å². The van der Waals surface area contributed by atoms with Gasteiger partial charge < -0.3 is 0 Å². The second-order valence-corrected chi connectivity index (χ2v) is 21.9. The Kier molecular flexibility index (Phi) is 9.16. The Morgan fingerprint density at radius 1 is 0.203 bits per heavy atom. The highest BCUT2D eigenvalue weighted by Gasteiger charge is 2.37. The summed E-state index contributed by atoms with van der Waals surface area (Å²) in [5.74, 6) is 0. The average molecular weight is 941 g/mol. The predicted octanol–water partition coefficient (Wildman–Crippen LogP) is 20.4. The van der Waals surface area contributed by atoms with Gasteiger partial charge in [0.25, 0.3) is 0 Å². The monoisotopic (exact) mass is 940 g/mol. The molecule has 0 aromatic heterocycles. The van der Waals surface area contributed by atoms with Crippen LogP contribution in [0, 0.1) is 0 Å². The van der Waals surface area contributed by atoms with Gasteiger partial charge in [0.15, 0.2) is 0 Å².